The second-order valence-corrected chi connectivity index (χ2v) is 11.7. The van der Waals surface area contributed by atoms with Crippen LogP contribution in [0.25, 0.3) is 21.6 Å². The largest absolute Gasteiger partial charge is 0.488 e. The number of aliphatic hydroxyl groups is 1. The summed E-state index contributed by atoms with van der Waals surface area (Å²) >= 11 is 1.52. The summed E-state index contributed by atoms with van der Waals surface area (Å²) in [5.41, 5.74) is 8.36. The third-order valence-corrected chi connectivity index (χ3v) is 8.84. The molecule has 4 aromatic rings. The van der Waals surface area contributed by atoms with Crippen molar-refractivity contribution in [3.05, 3.63) is 88.1 Å². The molecule has 12 heteroatoms. The van der Waals surface area contributed by atoms with Crippen molar-refractivity contribution >= 4 is 40.6 Å². The molecule has 0 radical (unpaired) electrons. The van der Waals surface area contributed by atoms with Crippen LogP contribution in [0.2, 0.25) is 0 Å². The van der Waals surface area contributed by atoms with Crippen molar-refractivity contribution in [3.63, 3.8) is 0 Å². The van der Waals surface area contributed by atoms with Gasteiger partial charge in [-0.15, -0.1) is 11.3 Å². The monoisotopic (exact) mass is 611 g/mol. The number of amidine groups is 1. The molecular weight excluding hydrogens is 582 g/mol. The number of rotatable bonds is 7. The van der Waals surface area contributed by atoms with E-state index in [0.29, 0.717) is 54.9 Å². The van der Waals surface area contributed by atoms with Gasteiger partial charge >= 0.3 is 5.97 Å². The number of hydrogen-bond donors (Lipinski definition) is 6. The molecule has 0 unspecified atom stereocenters. The number of amides is 2. The highest BCUT2D eigenvalue weighted by molar-refractivity contribution is 7.13. The smallest absolute Gasteiger partial charge is 0.355 e. The Morgan fingerprint density at radius 1 is 0.955 bits per heavy atom. The molecule has 1 aliphatic heterocycles. The second-order valence-electron chi connectivity index (χ2n) is 10.8. The van der Waals surface area contributed by atoms with E-state index in [1.807, 2.05) is 11.4 Å². The molecule has 2 amide bonds. The van der Waals surface area contributed by atoms with Crippen molar-refractivity contribution in [2.75, 3.05) is 5.32 Å². The molecule has 6 rings (SSSR count). The lowest BCUT2D eigenvalue weighted by atomic mass is 9.92. The van der Waals surface area contributed by atoms with E-state index < -0.39 is 17.8 Å². The first-order chi connectivity index (χ1) is 21.2. The molecule has 1 saturated carbocycles. The normalized spacial score (nSPS) is 17.0. The molecule has 2 aliphatic rings. The van der Waals surface area contributed by atoms with Crippen LogP contribution in [0.15, 0.2) is 60.0 Å². The van der Waals surface area contributed by atoms with E-state index in [1.165, 1.54) is 23.5 Å². The van der Waals surface area contributed by atoms with Crippen molar-refractivity contribution in [3.8, 4) is 27.3 Å². The van der Waals surface area contributed by atoms with E-state index in [9.17, 15) is 24.6 Å². The number of carbonyl (C=O) groups is 3. The predicted molar refractivity (Wildman–Crippen MR) is 165 cm³/mol. The number of benzene rings is 2. The maximum atomic E-state index is 13.8. The van der Waals surface area contributed by atoms with Crippen molar-refractivity contribution in [1.29, 1.82) is 5.41 Å². The summed E-state index contributed by atoms with van der Waals surface area (Å²) in [5.74, 6) is -1.98. The van der Waals surface area contributed by atoms with Crippen LogP contribution in [-0.2, 0) is 6.61 Å². The summed E-state index contributed by atoms with van der Waals surface area (Å²) in [6.07, 6.45) is 2.02. The number of carboxylic acid groups (broad SMARTS) is 1. The van der Waals surface area contributed by atoms with Gasteiger partial charge in [0.25, 0.3) is 11.8 Å². The molecule has 2 aromatic heterocycles. The van der Waals surface area contributed by atoms with Crippen molar-refractivity contribution in [1.82, 2.24) is 10.3 Å². The highest BCUT2D eigenvalue weighted by atomic mass is 32.1. The highest BCUT2D eigenvalue weighted by Crippen LogP contribution is 2.44. The number of nitrogen functional groups attached to an aromatic ring is 1. The summed E-state index contributed by atoms with van der Waals surface area (Å²) in [6.45, 7) is 0.334. The van der Waals surface area contributed by atoms with Crippen molar-refractivity contribution in [2.24, 2.45) is 5.73 Å². The van der Waals surface area contributed by atoms with E-state index in [-0.39, 0.29) is 46.1 Å². The van der Waals surface area contributed by atoms with Gasteiger partial charge in [0.2, 0.25) is 0 Å². The molecule has 11 nitrogen and oxygen atoms in total. The van der Waals surface area contributed by atoms with Crippen molar-refractivity contribution in [2.45, 2.75) is 44.4 Å². The van der Waals surface area contributed by atoms with E-state index in [2.05, 4.69) is 15.6 Å². The molecule has 0 spiro atoms. The number of thiophene rings is 1. The number of carbonyl (C=O) groups excluding carboxylic acids is 2. The van der Waals surface area contributed by atoms with E-state index in [4.69, 9.17) is 15.9 Å². The number of fused-ring (bicyclic) bond motifs is 3. The molecule has 7 N–H and O–H groups in total. The number of hydrogen-bond acceptors (Lipinski definition) is 8. The molecule has 1 fully saturated rings. The number of carboxylic acids is 1. The van der Waals surface area contributed by atoms with Gasteiger partial charge in [-0.25, -0.2) is 9.78 Å². The SMILES string of the molecule is N=C(N)c1ccc(NC(=O)c2cc3c(cc2-c2ccc(C(=O)NC4CCC(O)CC4)nc2C(=O)O)OCc2ccsc2-3)cc1. The van der Waals surface area contributed by atoms with Crippen LogP contribution >= 0.6 is 11.3 Å². The topological polar surface area (TPSA) is 188 Å². The van der Waals surface area contributed by atoms with E-state index in [1.54, 1.807) is 36.4 Å². The van der Waals surface area contributed by atoms with Gasteiger partial charge in [-0.2, -0.15) is 0 Å². The Bertz CT molecular complexity index is 1790. The third kappa shape index (κ3) is 5.77. The van der Waals surface area contributed by atoms with E-state index >= 15 is 0 Å². The number of pyridine rings is 1. The zero-order valence-corrected chi connectivity index (χ0v) is 24.2. The van der Waals surface area contributed by atoms with Gasteiger partial charge in [-0.3, -0.25) is 15.0 Å². The fourth-order valence-electron chi connectivity index (χ4n) is 5.51. The molecular formula is C32H29N5O6S. The molecule has 1 aliphatic carbocycles. The first-order valence-corrected chi connectivity index (χ1v) is 14.9. The summed E-state index contributed by atoms with van der Waals surface area (Å²) in [7, 11) is 0. The Kier molecular flexibility index (Phi) is 7.85. The fraction of sp³-hybridized carbons (Fsp3) is 0.219. The van der Waals surface area contributed by atoms with Gasteiger partial charge in [-0.1, -0.05) is 0 Å². The highest BCUT2D eigenvalue weighted by Gasteiger charge is 2.28. The number of aromatic carboxylic acids is 1. The van der Waals surface area contributed by atoms with Gasteiger partial charge in [0.15, 0.2) is 5.69 Å². The number of nitrogens with one attached hydrogen (secondary N) is 3. The predicted octanol–water partition coefficient (Wildman–Crippen LogP) is 4.64. The lowest BCUT2D eigenvalue weighted by Crippen LogP contribution is -2.39. The van der Waals surface area contributed by atoms with Crippen LogP contribution < -0.4 is 21.1 Å². The summed E-state index contributed by atoms with van der Waals surface area (Å²) < 4.78 is 6.01. The van der Waals surface area contributed by atoms with Crippen LogP contribution in [0.5, 0.6) is 5.75 Å². The van der Waals surface area contributed by atoms with Gasteiger partial charge in [-0.05, 0) is 85.7 Å². The summed E-state index contributed by atoms with van der Waals surface area (Å²) in [4.78, 5) is 44.5. The summed E-state index contributed by atoms with van der Waals surface area (Å²) in [5, 5.41) is 35.2. The van der Waals surface area contributed by atoms with Crippen molar-refractivity contribution < 1.29 is 29.3 Å². The maximum absolute atomic E-state index is 13.8. The summed E-state index contributed by atoms with van der Waals surface area (Å²) in [6, 6.07) is 14.5. The van der Waals surface area contributed by atoms with Gasteiger partial charge in [0, 0.05) is 50.0 Å². The quantitative estimate of drug-likeness (QED) is 0.129. The van der Waals surface area contributed by atoms with Crippen LogP contribution in [0, 0.1) is 5.41 Å². The third-order valence-electron chi connectivity index (χ3n) is 7.85. The lowest BCUT2D eigenvalue weighted by molar-refractivity contribution is 0.0690. The Morgan fingerprint density at radius 3 is 2.41 bits per heavy atom. The lowest BCUT2D eigenvalue weighted by Gasteiger charge is -2.26. The average molecular weight is 612 g/mol. The van der Waals surface area contributed by atoms with Gasteiger partial charge in [0.1, 0.15) is 23.9 Å². The second kappa shape index (κ2) is 11.9. The first-order valence-electron chi connectivity index (χ1n) is 14.0. The number of anilines is 1. The standard InChI is InChI=1S/C32H29N5O6S/c33-29(34)16-1-3-18(4-2-16)35-30(39)23-13-24-26(43-15-17-11-12-44-28(17)24)14-22(23)21-9-10-25(37-27(21)32(41)42)31(40)36-19-5-7-20(38)8-6-19/h1-4,9-14,19-20,38H,5-8,15H2,(H3,33,34)(H,35,39)(H,36,40)(H,41,42). The van der Waals surface area contributed by atoms with E-state index in [0.717, 1.165) is 10.4 Å². The molecule has 0 saturated heterocycles. The molecule has 0 bridgehead atoms. The number of aliphatic hydroxyl groups excluding tert-OH is 1. The van der Waals surface area contributed by atoms with Gasteiger partial charge < -0.3 is 31.3 Å². The number of ether oxygens (including phenoxy) is 1. The molecule has 0 atom stereocenters. The Hall–Kier alpha value is -5.07. The fourth-order valence-corrected chi connectivity index (χ4v) is 6.44. The average Bonchev–Trinajstić information content (AvgIpc) is 3.51. The first kappa shape index (κ1) is 29.0. The minimum absolute atomic E-state index is 0.0636. The van der Waals surface area contributed by atoms with Crippen LogP contribution in [0.1, 0.15) is 68.1 Å². The molecule has 3 heterocycles. The Labute approximate surface area is 256 Å². The van der Waals surface area contributed by atoms with Crippen LogP contribution in [-0.4, -0.2) is 51.0 Å². The molecule has 44 heavy (non-hydrogen) atoms. The molecule has 224 valence electrons. The Balaban J connectivity index is 1.39. The minimum Gasteiger partial charge on any atom is -0.488 e. The van der Waals surface area contributed by atoms with Crippen LogP contribution in [0.3, 0.4) is 0 Å². The molecule has 2 aromatic carbocycles. The number of aromatic nitrogens is 1. The van der Waals surface area contributed by atoms with Gasteiger partial charge in [0.05, 0.1) is 6.10 Å². The number of nitrogens with two attached hydrogens (primary N) is 1. The number of nitrogens with zero attached hydrogens (tertiary/aromatic N) is 1. The minimum atomic E-state index is -1.36. The zero-order valence-electron chi connectivity index (χ0n) is 23.4. The Morgan fingerprint density at radius 2 is 1.70 bits per heavy atom. The van der Waals surface area contributed by atoms with Crippen LogP contribution in [0.4, 0.5) is 5.69 Å². The maximum Gasteiger partial charge on any atom is 0.355 e. The zero-order chi connectivity index (χ0) is 31.0.